The molecule has 2 N–H and O–H groups in total. The standard InChI is InChI=1S/C15H12FN3O2S/c16-12-5-7-13(8-6-12)22(20,21)19-18-10-11-9-17-15-4-2-1-3-14(11)15/h1-10,17,19H/b18-10+. The normalized spacial score (nSPS) is 12.0. The molecule has 0 atom stereocenters. The molecule has 5 nitrogen and oxygen atoms in total. The van der Waals surface area contributed by atoms with Crippen LogP contribution in [0.25, 0.3) is 10.9 Å². The van der Waals surface area contributed by atoms with Crippen molar-refractivity contribution in [3.8, 4) is 0 Å². The average molecular weight is 317 g/mol. The number of rotatable bonds is 4. The molecule has 7 heteroatoms. The van der Waals surface area contributed by atoms with Gasteiger partial charge in [-0.2, -0.15) is 13.5 Å². The Morgan fingerprint density at radius 2 is 1.82 bits per heavy atom. The van der Waals surface area contributed by atoms with Gasteiger partial charge in [0, 0.05) is 22.7 Å². The Morgan fingerprint density at radius 3 is 2.59 bits per heavy atom. The lowest BCUT2D eigenvalue weighted by atomic mass is 10.2. The summed E-state index contributed by atoms with van der Waals surface area (Å²) in [6.45, 7) is 0. The molecule has 0 aliphatic heterocycles. The predicted molar refractivity (Wildman–Crippen MR) is 82.6 cm³/mol. The Balaban J connectivity index is 1.80. The average Bonchev–Trinajstić information content (AvgIpc) is 2.91. The lowest BCUT2D eigenvalue weighted by Crippen LogP contribution is -2.18. The molecule has 0 bridgehead atoms. The van der Waals surface area contributed by atoms with Gasteiger partial charge in [0.2, 0.25) is 0 Å². The molecule has 112 valence electrons. The van der Waals surface area contributed by atoms with Crippen molar-refractivity contribution in [2.75, 3.05) is 0 Å². The van der Waals surface area contributed by atoms with E-state index in [4.69, 9.17) is 0 Å². The van der Waals surface area contributed by atoms with E-state index in [-0.39, 0.29) is 4.90 Å². The van der Waals surface area contributed by atoms with Gasteiger partial charge < -0.3 is 4.98 Å². The molecule has 2 aromatic carbocycles. The van der Waals surface area contributed by atoms with Gasteiger partial charge in [0.15, 0.2) is 0 Å². The van der Waals surface area contributed by atoms with Crippen LogP contribution in [0.4, 0.5) is 4.39 Å². The molecule has 0 saturated carbocycles. The zero-order valence-corrected chi connectivity index (χ0v) is 12.1. The first-order valence-electron chi connectivity index (χ1n) is 6.43. The smallest absolute Gasteiger partial charge is 0.276 e. The van der Waals surface area contributed by atoms with E-state index in [9.17, 15) is 12.8 Å². The van der Waals surface area contributed by atoms with Gasteiger partial charge in [-0.05, 0) is 30.3 Å². The summed E-state index contributed by atoms with van der Waals surface area (Å²) >= 11 is 0. The van der Waals surface area contributed by atoms with Crippen molar-refractivity contribution in [2.45, 2.75) is 4.90 Å². The molecule has 1 aromatic heterocycles. The minimum Gasteiger partial charge on any atom is -0.361 e. The van der Waals surface area contributed by atoms with Crippen LogP contribution in [-0.2, 0) is 10.0 Å². The molecule has 0 aliphatic carbocycles. The molecular formula is C15H12FN3O2S. The van der Waals surface area contributed by atoms with Crippen LogP contribution in [0.3, 0.4) is 0 Å². The first-order chi connectivity index (χ1) is 10.6. The lowest BCUT2D eigenvalue weighted by molar-refractivity contribution is 0.583. The van der Waals surface area contributed by atoms with E-state index >= 15 is 0 Å². The lowest BCUT2D eigenvalue weighted by Gasteiger charge is -2.02. The van der Waals surface area contributed by atoms with Crippen LogP contribution >= 0.6 is 0 Å². The summed E-state index contributed by atoms with van der Waals surface area (Å²) in [4.78, 5) is 5.12. The van der Waals surface area contributed by atoms with Gasteiger partial charge in [0.25, 0.3) is 10.0 Å². The molecule has 0 aliphatic rings. The fraction of sp³-hybridized carbons (Fsp3) is 0. The van der Waals surface area contributed by atoms with Gasteiger partial charge in [-0.25, -0.2) is 9.22 Å². The second-order valence-electron chi connectivity index (χ2n) is 4.60. The third kappa shape index (κ3) is 2.84. The molecule has 0 amide bonds. The van der Waals surface area contributed by atoms with Crippen LogP contribution in [0.15, 0.2) is 64.7 Å². The summed E-state index contributed by atoms with van der Waals surface area (Å²) in [6, 6.07) is 12.1. The Labute approximate surface area is 126 Å². The van der Waals surface area contributed by atoms with Gasteiger partial charge in [0.05, 0.1) is 11.1 Å². The Hall–Kier alpha value is -2.67. The second kappa shape index (κ2) is 5.61. The minimum absolute atomic E-state index is 0.0509. The monoisotopic (exact) mass is 317 g/mol. The van der Waals surface area contributed by atoms with E-state index in [1.165, 1.54) is 18.3 Å². The summed E-state index contributed by atoms with van der Waals surface area (Å²) in [5, 5.41) is 4.69. The highest BCUT2D eigenvalue weighted by Gasteiger charge is 2.12. The largest absolute Gasteiger partial charge is 0.361 e. The maximum Gasteiger partial charge on any atom is 0.276 e. The molecule has 0 fully saturated rings. The fourth-order valence-electron chi connectivity index (χ4n) is 2.03. The van der Waals surface area contributed by atoms with Crippen molar-refractivity contribution in [3.63, 3.8) is 0 Å². The molecule has 1 heterocycles. The Bertz CT molecular complexity index is 931. The number of halogens is 1. The van der Waals surface area contributed by atoms with Crippen LogP contribution in [0, 0.1) is 5.82 Å². The van der Waals surface area contributed by atoms with Gasteiger partial charge in [0.1, 0.15) is 5.82 Å². The van der Waals surface area contributed by atoms with E-state index in [2.05, 4.69) is 14.9 Å². The van der Waals surface area contributed by atoms with E-state index in [1.807, 2.05) is 24.3 Å². The topological polar surface area (TPSA) is 74.3 Å². The molecular weight excluding hydrogens is 305 g/mol. The van der Waals surface area contributed by atoms with Crippen molar-refractivity contribution in [1.29, 1.82) is 0 Å². The van der Waals surface area contributed by atoms with Crippen molar-refractivity contribution in [2.24, 2.45) is 5.10 Å². The highest BCUT2D eigenvalue weighted by atomic mass is 32.2. The van der Waals surface area contributed by atoms with Crippen LogP contribution in [0.1, 0.15) is 5.56 Å². The summed E-state index contributed by atoms with van der Waals surface area (Å²) in [7, 11) is -3.81. The van der Waals surface area contributed by atoms with E-state index in [1.54, 1.807) is 6.20 Å². The molecule has 0 unspecified atom stereocenters. The molecule has 0 spiro atoms. The van der Waals surface area contributed by atoms with Gasteiger partial charge in [-0.3, -0.25) is 0 Å². The number of hydrogen-bond donors (Lipinski definition) is 2. The second-order valence-corrected chi connectivity index (χ2v) is 6.26. The number of aromatic nitrogens is 1. The maximum absolute atomic E-state index is 12.8. The zero-order valence-electron chi connectivity index (χ0n) is 11.3. The highest BCUT2D eigenvalue weighted by molar-refractivity contribution is 7.89. The zero-order chi connectivity index (χ0) is 15.6. The minimum atomic E-state index is -3.81. The number of sulfonamides is 1. The summed E-state index contributed by atoms with van der Waals surface area (Å²) in [6.07, 6.45) is 3.15. The van der Waals surface area contributed by atoms with Crippen LogP contribution in [-0.4, -0.2) is 19.6 Å². The number of hydrazone groups is 1. The number of hydrogen-bond acceptors (Lipinski definition) is 3. The number of aromatic amines is 1. The quantitative estimate of drug-likeness (QED) is 0.573. The number of H-pyrrole nitrogens is 1. The van der Waals surface area contributed by atoms with Crippen LogP contribution in [0.2, 0.25) is 0 Å². The number of benzene rings is 2. The number of nitrogens with zero attached hydrogens (tertiary/aromatic N) is 1. The Morgan fingerprint density at radius 1 is 1.09 bits per heavy atom. The fourth-order valence-corrected chi connectivity index (χ4v) is 2.82. The van der Waals surface area contributed by atoms with Gasteiger partial charge >= 0.3 is 0 Å². The first kappa shape index (κ1) is 14.3. The number of para-hydroxylation sites is 1. The highest BCUT2D eigenvalue weighted by Crippen LogP contribution is 2.15. The Kier molecular flexibility index (Phi) is 3.64. The summed E-state index contributed by atoms with van der Waals surface area (Å²) < 4.78 is 36.8. The number of fused-ring (bicyclic) bond motifs is 1. The van der Waals surface area contributed by atoms with Gasteiger partial charge in [-0.1, -0.05) is 18.2 Å². The molecule has 22 heavy (non-hydrogen) atoms. The summed E-state index contributed by atoms with van der Waals surface area (Å²) in [5.74, 6) is -0.499. The van der Waals surface area contributed by atoms with Crippen LogP contribution in [0.5, 0.6) is 0 Å². The number of nitrogens with one attached hydrogen (secondary N) is 2. The van der Waals surface area contributed by atoms with Crippen LogP contribution < -0.4 is 4.83 Å². The molecule has 3 rings (SSSR count). The first-order valence-corrected chi connectivity index (χ1v) is 7.91. The van der Waals surface area contributed by atoms with Crippen molar-refractivity contribution < 1.29 is 12.8 Å². The van der Waals surface area contributed by atoms with E-state index < -0.39 is 15.8 Å². The van der Waals surface area contributed by atoms with Crippen molar-refractivity contribution in [1.82, 2.24) is 9.82 Å². The van der Waals surface area contributed by atoms with Crippen molar-refractivity contribution >= 4 is 27.1 Å². The third-order valence-electron chi connectivity index (χ3n) is 3.12. The predicted octanol–water partition coefficient (Wildman–Crippen LogP) is 2.62. The SMILES string of the molecule is O=S(=O)(N/N=C/c1c[nH]c2ccccc12)c1ccc(F)cc1. The molecule has 3 aromatic rings. The third-order valence-corrected chi connectivity index (χ3v) is 4.36. The van der Waals surface area contributed by atoms with Crippen molar-refractivity contribution in [3.05, 3.63) is 66.1 Å². The summed E-state index contributed by atoms with van der Waals surface area (Å²) in [5.41, 5.74) is 1.70. The maximum atomic E-state index is 12.8. The molecule has 0 saturated heterocycles. The van der Waals surface area contributed by atoms with Gasteiger partial charge in [-0.15, -0.1) is 0 Å². The molecule has 0 radical (unpaired) electrons. The van der Waals surface area contributed by atoms with E-state index in [0.29, 0.717) is 0 Å². The van der Waals surface area contributed by atoms with E-state index in [0.717, 1.165) is 28.6 Å².